The predicted molar refractivity (Wildman–Crippen MR) is 115 cm³/mol. The van der Waals surface area contributed by atoms with Gasteiger partial charge in [0.15, 0.2) is 0 Å². The number of carbonyl (C=O) groups is 1. The van der Waals surface area contributed by atoms with Crippen LogP contribution in [0.4, 0.5) is 5.69 Å². The molecule has 144 valence electrons. The number of anilines is 1. The third-order valence-corrected chi connectivity index (χ3v) is 4.68. The van der Waals surface area contributed by atoms with Crippen LogP contribution in [-0.2, 0) is 12.8 Å². The molecule has 0 atom stereocenters. The van der Waals surface area contributed by atoms with Crippen LogP contribution < -0.4 is 10.6 Å². The van der Waals surface area contributed by atoms with Crippen molar-refractivity contribution < 1.29 is 4.79 Å². The number of nitrogens with one attached hydrogen (secondary N) is 2. The van der Waals surface area contributed by atoms with Crippen molar-refractivity contribution in [1.29, 1.82) is 0 Å². The van der Waals surface area contributed by atoms with E-state index in [2.05, 4.69) is 39.9 Å². The quantitative estimate of drug-likeness (QED) is 0.516. The molecule has 0 bridgehead atoms. The van der Waals surface area contributed by atoms with Crippen molar-refractivity contribution in [2.24, 2.45) is 0 Å². The van der Waals surface area contributed by atoms with Gasteiger partial charge >= 0.3 is 0 Å². The maximum Gasteiger partial charge on any atom is 0.252 e. The molecule has 4 nitrogen and oxygen atoms in total. The Morgan fingerprint density at radius 2 is 1.64 bits per heavy atom. The molecule has 2 N–H and O–H groups in total. The fourth-order valence-corrected chi connectivity index (χ4v) is 3.03. The van der Waals surface area contributed by atoms with E-state index in [1.165, 1.54) is 5.56 Å². The molecule has 0 spiro atoms. The molecule has 3 aromatic rings. The monoisotopic (exact) mass is 393 g/mol. The highest BCUT2D eigenvalue weighted by Crippen LogP contribution is 2.11. The number of carbonyl (C=O) groups excluding carboxylic acids is 1. The van der Waals surface area contributed by atoms with E-state index in [0.29, 0.717) is 17.1 Å². The summed E-state index contributed by atoms with van der Waals surface area (Å²) in [6, 6.07) is 19.9. The topological polar surface area (TPSA) is 54.0 Å². The SMILES string of the molecule is O=C(NCCc1ccc(Cl)cc1)c1cncc(NCCCc2ccccc2)c1. The molecular weight excluding hydrogens is 370 g/mol. The molecule has 0 fully saturated rings. The van der Waals surface area contributed by atoms with Crippen LogP contribution >= 0.6 is 11.6 Å². The average molecular weight is 394 g/mol. The summed E-state index contributed by atoms with van der Waals surface area (Å²) in [4.78, 5) is 16.5. The van der Waals surface area contributed by atoms with Crippen molar-refractivity contribution in [3.63, 3.8) is 0 Å². The zero-order valence-corrected chi connectivity index (χ0v) is 16.5. The number of nitrogens with zero attached hydrogens (tertiary/aromatic N) is 1. The molecule has 5 heteroatoms. The molecule has 0 saturated heterocycles. The van der Waals surface area contributed by atoms with E-state index in [9.17, 15) is 4.79 Å². The third-order valence-electron chi connectivity index (χ3n) is 4.43. The standard InChI is InChI=1S/C23H24ClN3O/c24-21-10-8-19(9-11-21)12-14-27-23(28)20-15-22(17-25-16-20)26-13-4-7-18-5-2-1-3-6-18/h1-3,5-6,8-11,15-17,26H,4,7,12-14H2,(H,27,28). The Kier molecular flexibility index (Phi) is 7.44. The van der Waals surface area contributed by atoms with Crippen LogP contribution in [0.3, 0.4) is 0 Å². The van der Waals surface area contributed by atoms with Crippen LogP contribution in [-0.4, -0.2) is 24.0 Å². The van der Waals surface area contributed by atoms with Gasteiger partial charge in [-0.2, -0.15) is 0 Å². The molecule has 0 aliphatic heterocycles. The minimum Gasteiger partial charge on any atom is -0.384 e. The smallest absolute Gasteiger partial charge is 0.252 e. The molecule has 1 amide bonds. The van der Waals surface area contributed by atoms with E-state index in [0.717, 1.165) is 37.1 Å². The summed E-state index contributed by atoms with van der Waals surface area (Å²) >= 11 is 5.88. The molecule has 0 aliphatic rings. The molecule has 1 aromatic heterocycles. The number of benzene rings is 2. The molecule has 28 heavy (non-hydrogen) atoms. The van der Waals surface area contributed by atoms with Crippen LogP contribution in [0, 0.1) is 0 Å². The lowest BCUT2D eigenvalue weighted by molar-refractivity contribution is 0.0954. The maximum atomic E-state index is 12.4. The lowest BCUT2D eigenvalue weighted by Crippen LogP contribution is -2.25. The van der Waals surface area contributed by atoms with Crippen molar-refractivity contribution in [3.8, 4) is 0 Å². The minimum atomic E-state index is -0.116. The van der Waals surface area contributed by atoms with Crippen molar-refractivity contribution >= 4 is 23.2 Å². The minimum absolute atomic E-state index is 0.116. The summed E-state index contributed by atoms with van der Waals surface area (Å²) < 4.78 is 0. The first-order valence-electron chi connectivity index (χ1n) is 9.46. The first kappa shape index (κ1) is 19.9. The van der Waals surface area contributed by atoms with E-state index < -0.39 is 0 Å². The van der Waals surface area contributed by atoms with Gasteiger partial charge in [-0.15, -0.1) is 0 Å². The second-order valence-electron chi connectivity index (χ2n) is 6.61. The van der Waals surface area contributed by atoms with Gasteiger partial charge in [0.25, 0.3) is 5.91 Å². The predicted octanol–water partition coefficient (Wildman–Crippen LogP) is 4.75. The second kappa shape index (κ2) is 10.5. The first-order valence-corrected chi connectivity index (χ1v) is 9.84. The Balaban J connectivity index is 1.42. The molecule has 0 radical (unpaired) electrons. The van der Waals surface area contributed by atoms with Crippen LogP contribution in [0.1, 0.15) is 27.9 Å². The largest absolute Gasteiger partial charge is 0.384 e. The van der Waals surface area contributed by atoms with E-state index in [1.54, 1.807) is 12.4 Å². The zero-order valence-electron chi connectivity index (χ0n) is 15.7. The zero-order chi connectivity index (χ0) is 19.6. The maximum absolute atomic E-state index is 12.4. The van der Waals surface area contributed by atoms with E-state index >= 15 is 0 Å². The lowest BCUT2D eigenvalue weighted by atomic mass is 10.1. The van der Waals surface area contributed by atoms with Gasteiger partial charge < -0.3 is 10.6 Å². The highest BCUT2D eigenvalue weighted by atomic mass is 35.5. The fraction of sp³-hybridized carbons (Fsp3) is 0.217. The lowest BCUT2D eigenvalue weighted by Gasteiger charge is -2.09. The number of aryl methyl sites for hydroxylation is 1. The second-order valence-corrected chi connectivity index (χ2v) is 7.05. The Morgan fingerprint density at radius 3 is 2.43 bits per heavy atom. The van der Waals surface area contributed by atoms with Crippen molar-refractivity contribution in [3.05, 3.63) is 94.8 Å². The van der Waals surface area contributed by atoms with Gasteiger partial charge in [0.05, 0.1) is 11.3 Å². The Hall–Kier alpha value is -2.85. The van der Waals surface area contributed by atoms with Gasteiger partial charge in [0.2, 0.25) is 0 Å². The van der Waals surface area contributed by atoms with Crippen molar-refractivity contribution in [2.45, 2.75) is 19.3 Å². The number of hydrogen-bond acceptors (Lipinski definition) is 3. The number of rotatable bonds is 9. The van der Waals surface area contributed by atoms with Crippen LogP contribution in [0.5, 0.6) is 0 Å². The normalized spacial score (nSPS) is 10.5. The van der Waals surface area contributed by atoms with E-state index in [-0.39, 0.29) is 5.91 Å². The molecule has 0 aliphatic carbocycles. The summed E-state index contributed by atoms with van der Waals surface area (Å²) in [5.74, 6) is -0.116. The molecule has 1 heterocycles. The van der Waals surface area contributed by atoms with Crippen LogP contribution in [0.2, 0.25) is 5.02 Å². The van der Waals surface area contributed by atoms with Gasteiger partial charge in [-0.25, -0.2) is 0 Å². The molecular formula is C23H24ClN3O. The number of pyridine rings is 1. The van der Waals surface area contributed by atoms with Gasteiger partial charge in [-0.1, -0.05) is 54.1 Å². The molecule has 0 saturated carbocycles. The van der Waals surface area contributed by atoms with E-state index in [4.69, 9.17) is 11.6 Å². The van der Waals surface area contributed by atoms with Gasteiger partial charge in [-0.3, -0.25) is 9.78 Å². The van der Waals surface area contributed by atoms with Gasteiger partial charge in [-0.05, 0) is 48.6 Å². The van der Waals surface area contributed by atoms with Crippen LogP contribution in [0.15, 0.2) is 73.1 Å². The number of hydrogen-bond donors (Lipinski definition) is 2. The van der Waals surface area contributed by atoms with Crippen molar-refractivity contribution in [2.75, 3.05) is 18.4 Å². The van der Waals surface area contributed by atoms with E-state index in [1.807, 2.05) is 36.4 Å². The summed E-state index contributed by atoms with van der Waals surface area (Å²) in [7, 11) is 0. The summed E-state index contributed by atoms with van der Waals surface area (Å²) in [6.45, 7) is 1.40. The van der Waals surface area contributed by atoms with Crippen LogP contribution in [0.25, 0.3) is 0 Å². The Labute approximate surface area is 171 Å². The number of halogens is 1. The number of amides is 1. The number of aromatic nitrogens is 1. The first-order chi connectivity index (χ1) is 13.7. The highest BCUT2D eigenvalue weighted by molar-refractivity contribution is 6.30. The van der Waals surface area contributed by atoms with Crippen molar-refractivity contribution in [1.82, 2.24) is 10.3 Å². The summed E-state index contributed by atoms with van der Waals surface area (Å²) in [5.41, 5.74) is 3.88. The fourth-order valence-electron chi connectivity index (χ4n) is 2.90. The molecule has 2 aromatic carbocycles. The summed E-state index contributed by atoms with van der Waals surface area (Å²) in [6.07, 6.45) is 6.13. The highest BCUT2D eigenvalue weighted by Gasteiger charge is 2.06. The van der Waals surface area contributed by atoms with Gasteiger partial charge in [0.1, 0.15) is 0 Å². The Bertz CT molecular complexity index is 882. The average Bonchev–Trinajstić information content (AvgIpc) is 2.73. The van der Waals surface area contributed by atoms with Gasteiger partial charge in [0, 0.05) is 30.5 Å². The Morgan fingerprint density at radius 1 is 0.893 bits per heavy atom. The molecule has 0 unspecified atom stereocenters. The summed E-state index contributed by atoms with van der Waals surface area (Å²) in [5, 5.41) is 7.00. The third kappa shape index (κ3) is 6.39. The molecule has 3 rings (SSSR count).